The quantitative estimate of drug-likeness (QED) is 0.898. The Hall–Kier alpha value is -1.69. The van der Waals surface area contributed by atoms with Gasteiger partial charge in [0.25, 0.3) is 0 Å². The van der Waals surface area contributed by atoms with Crippen LogP contribution in [0.4, 0.5) is 10.5 Å². The number of carbonyl (C=O) groups excluding carboxylic acids is 1. The van der Waals surface area contributed by atoms with Gasteiger partial charge in [0.2, 0.25) is 0 Å². The number of hydrogen-bond acceptors (Lipinski definition) is 3. The first-order chi connectivity index (χ1) is 9.59. The number of benzene rings is 1. The average molecular weight is 294 g/mol. The van der Waals surface area contributed by atoms with Crippen LogP contribution in [0.25, 0.3) is 0 Å². The molecule has 5 nitrogen and oxygen atoms in total. The van der Waals surface area contributed by atoms with Crippen molar-refractivity contribution in [2.45, 2.75) is 18.9 Å². The number of para-hydroxylation sites is 1. The molecule has 0 unspecified atom stereocenters. The summed E-state index contributed by atoms with van der Waals surface area (Å²) < 4.78 is 0. The lowest BCUT2D eigenvalue weighted by Crippen LogP contribution is -2.45. The Morgan fingerprint density at radius 1 is 1.30 bits per heavy atom. The molecule has 0 bridgehead atoms. The minimum Gasteiger partial charge on any atom is -0.478 e. The maximum Gasteiger partial charge on any atom is 0.337 e. The highest BCUT2D eigenvalue weighted by Gasteiger charge is 2.21. The minimum atomic E-state index is -1.03. The maximum absolute atomic E-state index is 12.2. The second-order valence-corrected chi connectivity index (χ2v) is 5.94. The lowest BCUT2D eigenvalue weighted by molar-refractivity contribution is 0.0697. The van der Waals surface area contributed by atoms with Gasteiger partial charge < -0.3 is 10.4 Å². The molecule has 2 amide bonds. The van der Waals surface area contributed by atoms with E-state index in [1.54, 1.807) is 25.2 Å². The minimum absolute atomic E-state index is 0.129. The molecule has 2 N–H and O–H groups in total. The van der Waals surface area contributed by atoms with E-state index in [0.717, 1.165) is 24.3 Å². The molecule has 1 aromatic rings. The normalized spacial score (nSPS) is 15.7. The number of thioether (sulfide) groups is 1. The second-order valence-electron chi connectivity index (χ2n) is 4.72. The zero-order valence-corrected chi connectivity index (χ0v) is 12.2. The molecule has 0 aromatic heterocycles. The number of hydrogen-bond donors (Lipinski definition) is 2. The highest BCUT2D eigenvalue weighted by atomic mass is 32.2. The lowest BCUT2D eigenvalue weighted by Gasteiger charge is -2.26. The van der Waals surface area contributed by atoms with Gasteiger partial charge in [-0.15, -0.1) is 0 Å². The van der Waals surface area contributed by atoms with Gasteiger partial charge in [-0.1, -0.05) is 12.1 Å². The molecule has 20 heavy (non-hydrogen) atoms. The zero-order valence-electron chi connectivity index (χ0n) is 11.3. The number of amides is 2. The fraction of sp³-hybridized carbons (Fsp3) is 0.429. The monoisotopic (exact) mass is 294 g/mol. The largest absolute Gasteiger partial charge is 0.478 e. The van der Waals surface area contributed by atoms with Crippen molar-refractivity contribution in [3.63, 3.8) is 0 Å². The molecule has 1 aromatic carbocycles. The Labute approximate surface area is 122 Å². The van der Waals surface area contributed by atoms with Gasteiger partial charge in [0.1, 0.15) is 0 Å². The van der Waals surface area contributed by atoms with E-state index < -0.39 is 5.97 Å². The Kier molecular flexibility index (Phi) is 4.89. The van der Waals surface area contributed by atoms with Crippen molar-refractivity contribution in [1.82, 2.24) is 5.32 Å². The van der Waals surface area contributed by atoms with E-state index in [1.165, 1.54) is 11.0 Å². The van der Waals surface area contributed by atoms with Crippen LogP contribution in [-0.2, 0) is 0 Å². The number of carboxylic acid groups (broad SMARTS) is 1. The topological polar surface area (TPSA) is 69.6 Å². The summed E-state index contributed by atoms with van der Waals surface area (Å²) in [4.78, 5) is 24.7. The second kappa shape index (κ2) is 6.65. The molecule has 108 valence electrons. The third-order valence-electron chi connectivity index (χ3n) is 3.35. The zero-order chi connectivity index (χ0) is 14.5. The molecule has 1 saturated heterocycles. The van der Waals surface area contributed by atoms with E-state index in [1.807, 2.05) is 11.8 Å². The van der Waals surface area contributed by atoms with Crippen LogP contribution in [0.15, 0.2) is 24.3 Å². The summed E-state index contributed by atoms with van der Waals surface area (Å²) in [5.41, 5.74) is 0.534. The third kappa shape index (κ3) is 3.45. The van der Waals surface area contributed by atoms with Crippen LogP contribution in [0.2, 0.25) is 0 Å². The molecule has 2 rings (SSSR count). The third-order valence-corrected chi connectivity index (χ3v) is 4.40. The summed E-state index contributed by atoms with van der Waals surface area (Å²) in [7, 11) is 1.59. The number of urea groups is 1. The predicted octanol–water partition coefficient (Wildman–Crippen LogP) is 2.43. The molecule has 1 fully saturated rings. The first kappa shape index (κ1) is 14.7. The lowest BCUT2D eigenvalue weighted by atomic mass is 10.1. The Bertz CT molecular complexity index is 501. The summed E-state index contributed by atoms with van der Waals surface area (Å²) in [5.74, 6) is 1.08. The molecule has 0 saturated carbocycles. The predicted molar refractivity (Wildman–Crippen MR) is 80.7 cm³/mol. The Morgan fingerprint density at radius 2 is 1.95 bits per heavy atom. The van der Waals surface area contributed by atoms with Crippen LogP contribution in [0.3, 0.4) is 0 Å². The van der Waals surface area contributed by atoms with Gasteiger partial charge >= 0.3 is 12.0 Å². The van der Waals surface area contributed by atoms with Gasteiger partial charge in [-0.3, -0.25) is 4.90 Å². The van der Waals surface area contributed by atoms with Crippen LogP contribution in [-0.4, -0.2) is 41.7 Å². The summed E-state index contributed by atoms with van der Waals surface area (Å²) in [6.07, 6.45) is 1.93. The molecule has 0 atom stereocenters. The molecule has 0 spiro atoms. The van der Waals surface area contributed by atoms with Crippen molar-refractivity contribution in [2.24, 2.45) is 0 Å². The number of nitrogens with zero attached hydrogens (tertiary/aromatic N) is 1. The highest BCUT2D eigenvalue weighted by molar-refractivity contribution is 7.99. The molecular weight excluding hydrogens is 276 g/mol. The number of carbonyl (C=O) groups is 2. The van der Waals surface area contributed by atoms with Crippen molar-refractivity contribution in [1.29, 1.82) is 0 Å². The average Bonchev–Trinajstić information content (AvgIpc) is 2.47. The van der Waals surface area contributed by atoms with Gasteiger partial charge in [0.05, 0.1) is 11.3 Å². The molecule has 0 aliphatic carbocycles. The van der Waals surface area contributed by atoms with E-state index in [9.17, 15) is 9.59 Å². The van der Waals surface area contributed by atoms with Crippen molar-refractivity contribution < 1.29 is 14.7 Å². The Morgan fingerprint density at radius 3 is 2.60 bits per heavy atom. The standard InChI is InChI=1S/C14H18N2O3S/c1-16(12-5-3-2-4-11(12)13(17)18)14(19)15-10-6-8-20-9-7-10/h2-5,10H,6-9H2,1H3,(H,15,19)(H,17,18). The first-order valence-electron chi connectivity index (χ1n) is 6.54. The molecule has 1 aliphatic heterocycles. The van der Waals surface area contributed by atoms with Crippen LogP contribution in [0, 0.1) is 0 Å². The Balaban J connectivity index is 2.08. The molecular formula is C14H18N2O3S. The van der Waals surface area contributed by atoms with Crippen LogP contribution in [0.5, 0.6) is 0 Å². The maximum atomic E-state index is 12.2. The van der Waals surface area contributed by atoms with Crippen LogP contribution in [0.1, 0.15) is 23.2 Å². The van der Waals surface area contributed by atoms with Crippen molar-refractivity contribution in [2.75, 3.05) is 23.5 Å². The number of anilines is 1. The van der Waals surface area contributed by atoms with Gasteiger partial charge in [-0.2, -0.15) is 11.8 Å². The van der Waals surface area contributed by atoms with Crippen molar-refractivity contribution in [3.05, 3.63) is 29.8 Å². The SMILES string of the molecule is CN(C(=O)NC1CCSCC1)c1ccccc1C(=O)O. The van der Waals surface area contributed by atoms with Crippen molar-refractivity contribution in [3.8, 4) is 0 Å². The van der Waals surface area contributed by atoms with E-state index >= 15 is 0 Å². The highest BCUT2D eigenvalue weighted by Crippen LogP contribution is 2.21. The number of carboxylic acids is 1. The van der Waals surface area contributed by atoms with E-state index in [-0.39, 0.29) is 17.6 Å². The van der Waals surface area contributed by atoms with Gasteiger partial charge in [0.15, 0.2) is 0 Å². The molecule has 6 heteroatoms. The van der Waals surface area contributed by atoms with Crippen LogP contribution >= 0.6 is 11.8 Å². The van der Waals surface area contributed by atoms with Crippen molar-refractivity contribution >= 4 is 29.4 Å². The number of aromatic carboxylic acids is 1. The molecule has 1 heterocycles. The van der Waals surface area contributed by atoms with E-state index in [0.29, 0.717) is 5.69 Å². The van der Waals surface area contributed by atoms with Gasteiger partial charge in [-0.25, -0.2) is 9.59 Å². The smallest absolute Gasteiger partial charge is 0.337 e. The summed E-state index contributed by atoms with van der Waals surface area (Å²) in [5, 5.41) is 12.1. The number of rotatable bonds is 3. The van der Waals surface area contributed by atoms with E-state index in [4.69, 9.17) is 5.11 Å². The van der Waals surface area contributed by atoms with E-state index in [2.05, 4.69) is 5.32 Å². The molecule has 0 radical (unpaired) electrons. The van der Waals surface area contributed by atoms with Gasteiger partial charge in [0, 0.05) is 13.1 Å². The molecule has 1 aliphatic rings. The van der Waals surface area contributed by atoms with Gasteiger partial charge in [-0.05, 0) is 36.5 Å². The first-order valence-corrected chi connectivity index (χ1v) is 7.69. The van der Waals surface area contributed by atoms with Crippen LogP contribution < -0.4 is 10.2 Å². The summed E-state index contributed by atoms with van der Waals surface area (Å²) in [6.45, 7) is 0. The number of nitrogens with one attached hydrogen (secondary N) is 1. The summed E-state index contributed by atoms with van der Waals surface area (Å²) in [6, 6.07) is 6.44. The summed E-state index contributed by atoms with van der Waals surface area (Å²) >= 11 is 1.89. The fourth-order valence-electron chi connectivity index (χ4n) is 2.17. The fourth-order valence-corrected chi connectivity index (χ4v) is 3.28.